The van der Waals surface area contributed by atoms with E-state index in [4.69, 9.17) is 5.11 Å². The van der Waals surface area contributed by atoms with E-state index in [1.54, 1.807) is 24.0 Å². The molecule has 96 valence electrons. The van der Waals surface area contributed by atoms with Crippen LogP contribution in [0.2, 0.25) is 0 Å². The van der Waals surface area contributed by atoms with Gasteiger partial charge in [0.1, 0.15) is 5.65 Å². The van der Waals surface area contributed by atoms with Crippen molar-refractivity contribution in [1.29, 1.82) is 0 Å². The van der Waals surface area contributed by atoms with E-state index in [0.717, 1.165) is 12.1 Å². The molecule has 0 aliphatic carbocycles. The smallest absolute Gasteiger partial charge is 0.258 e. The van der Waals surface area contributed by atoms with Gasteiger partial charge in [-0.3, -0.25) is 9.20 Å². The summed E-state index contributed by atoms with van der Waals surface area (Å²) in [5.41, 5.74) is 1.42. The molecule has 2 heterocycles. The van der Waals surface area contributed by atoms with Gasteiger partial charge >= 0.3 is 0 Å². The molecule has 5 heteroatoms. The predicted molar refractivity (Wildman–Crippen MR) is 73.9 cm³/mol. The van der Waals surface area contributed by atoms with Gasteiger partial charge in [-0.1, -0.05) is 13.0 Å². The number of aliphatic hydroxyl groups is 1. The lowest BCUT2D eigenvalue weighted by Crippen LogP contribution is -2.15. The summed E-state index contributed by atoms with van der Waals surface area (Å²) >= 11 is 1.70. The van der Waals surface area contributed by atoms with Crippen LogP contribution in [0.4, 0.5) is 0 Å². The molecule has 1 N–H and O–H groups in total. The van der Waals surface area contributed by atoms with Gasteiger partial charge < -0.3 is 5.11 Å². The summed E-state index contributed by atoms with van der Waals surface area (Å²) in [6, 6.07) is 7.08. The quantitative estimate of drug-likeness (QED) is 0.893. The van der Waals surface area contributed by atoms with E-state index in [1.165, 1.54) is 4.40 Å². The van der Waals surface area contributed by atoms with Gasteiger partial charge in [-0.05, 0) is 18.6 Å². The van der Waals surface area contributed by atoms with E-state index in [2.05, 4.69) is 11.9 Å². The van der Waals surface area contributed by atoms with E-state index < -0.39 is 0 Å². The largest absolute Gasteiger partial charge is 0.396 e. The van der Waals surface area contributed by atoms with Gasteiger partial charge in [-0.15, -0.1) is 0 Å². The Morgan fingerprint density at radius 3 is 3.11 bits per heavy atom. The molecule has 18 heavy (non-hydrogen) atoms. The third kappa shape index (κ3) is 3.11. The van der Waals surface area contributed by atoms with Crippen LogP contribution < -0.4 is 5.56 Å². The van der Waals surface area contributed by atoms with Crippen molar-refractivity contribution in [1.82, 2.24) is 9.38 Å². The number of aliphatic hydroxyl groups excluding tert-OH is 1. The Hall–Kier alpha value is -1.33. The monoisotopic (exact) mass is 264 g/mol. The Morgan fingerprint density at radius 2 is 2.33 bits per heavy atom. The van der Waals surface area contributed by atoms with Crippen LogP contribution in [-0.4, -0.2) is 26.3 Å². The van der Waals surface area contributed by atoms with E-state index in [-0.39, 0.29) is 12.2 Å². The van der Waals surface area contributed by atoms with Crippen molar-refractivity contribution in [2.45, 2.75) is 24.3 Å². The first kappa shape index (κ1) is 13.1. The highest BCUT2D eigenvalue weighted by atomic mass is 32.2. The normalized spacial score (nSPS) is 12.8. The Morgan fingerprint density at radius 1 is 1.50 bits per heavy atom. The molecule has 4 nitrogen and oxygen atoms in total. The Kier molecular flexibility index (Phi) is 4.38. The predicted octanol–water partition coefficient (Wildman–Crippen LogP) is 1.70. The van der Waals surface area contributed by atoms with Crippen LogP contribution in [0, 0.1) is 0 Å². The van der Waals surface area contributed by atoms with Gasteiger partial charge in [-0.2, -0.15) is 11.8 Å². The average Bonchev–Trinajstić information content (AvgIpc) is 2.37. The molecular formula is C13H16N2O2S. The molecule has 0 aliphatic heterocycles. The molecular weight excluding hydrogens is 248 g/mol. The second kappa shape index (κ2) is 6.02. The first-order valence-corrected chi connectivity index (χ1v) is 6.95. The van der Waals surface area contributed by atoms with Crippen LogP contribution in [0.25, 0.3) is 5.65 Å². The van der Waals surface area contributed by atoms with Gasteiger partial charge in [-0.25, -0.2) is 4.98 Å². The lowest BCUT2D eigenvalue weighted by Gasteiger charge is -2.09. The molecule has 2 aromatic heterocycles. The number of fused-ring (bicyclic) bond motifs is 1. The minimum absolute atomic E-state index is 0.0500. The second-order valence-electron chi connectivity index (χ2n) is 4.15. The van der Waals surface area contributed by atoms with Crippen LogP contribution in [0.1, 0.15) is 19.0 Å². The van der Waals surface area contributed by atoms with Crippen LogP contribution in [0.15, 0.2) is 35.3 Å². The Labute approximate surface area is 110 Å². The number of hydrogen-bond donors (Lipinski definition) is 1. The van der Waals surface area contributed by atoms with Crippen molar-refractivity contribution in [2.75, 3.05) is 6.61 Å². The van der Waals surface area contributed by atoms with Crippen LogP contribution >= 0.6 is 11.8 Å². The van der Waals surface area contributed by atoms with Gasteiger partial charge in [0.25, 0.3) is 5.56 Å². The fourth-order valence-electron chi connectivity index (χ4n) is 1.67. The van der Waals surface area contributed by atoms with E-state index in [9.17, 15) is 4.79 Å². The lowest BCUT2D eigenvalue weighted by molar-refractivity contribution is 0.289. The highest BCUT2D eigenvalue weighted by Gasteiger charge is 2.05. The zero-order valence-electron chi connectivity index (χ0n) is 10.2. The minimum Gasteiger partial charge on any atom is -0.396 e. The molecule has 0 saturated heterocycles. The van der Waals surface area contributed by atoms with Crippen molar-refractivity contribution < 1.29 is 5.11 Å². The van der Waals surface area contributed by atoms with Gasteiger partial charge in [0.15, 0.2) is 0 Å². The molecule has 0 fully saturated rings. The standard InChI is InChI=1S/C13H16N2O2S/c1-10(5-7-16)18-9-11-8-13(17)15-6-3-2-4-12(15)14-11/h2-4,6,8,10,16H,5,7,9H2,1H3. The average molecular weight is 264 g/mol. The Bertz CT molecular complexity index is 582. The maximum absolute atomic E-state index is 11.8. The second-order valence-corrected chi connectivity index (χ2v) is 5.58. The first-order valence-electron chi connectivity index (χ1n) is 5.90. The number of thioether (sulfide) groups is 1. The van der Waals surface area contributed by atoms with Crippen molar-refractivity contribution in [3.05, 3.63) is 46.5 Å². The molecule has 0 bridgehead atoms. The minimum atomic E-state index is -0.0500. The Balaban J connectivity index is 2.17. The molecule has 0 amide bonds. The number of pyridine rings is 1. The zero-order valence-corrected chi connectivity index (χ0v) is 11.1. The molecule has 2 rings (SSSR count). The highest BCUT2D eigenvalue weighted by molar-refractivity contribution is 7.99. The summed E-state index contributed by atoms with van der Waals surface area (Å²) in [5, 5.41) is 9.20. The summed E-state index contributed by atoms with van der Waals surface area (Å²) in [4.78, 5) is 16.3. The number of hydrogen-bond acceptors (Lipinski definition) is 4. The molecule has 0 spiro atoms. The molecule has 0 saturated carbocycles. The topological polar surface area (TPSA) is 54.6 Å². The molecule has 1 unspecified atom stereocenters. The molecule has 0 aromatic carbocycles. The summed E-state index contributed by atoms with van der Waals surface area (Å²) in [7, 11) is 0. The summed E-state index contributed by atoms with van der Waals surface area (Å²) in [5.74, 6) is 0.696. The van der Waals surface area contributed by atoms with Crippen LogP contribution in [0.3, 0.4) is 0 Å². The van der Waals surface area contributed by atoms with Gasteiger partial charge in [0, 0.05) is 29.9 Å². The molecule has 1 atom stereocenters. The van der Waals surface area contributed by atoms with Crippen molar-refractivity contribution in [3.63, 3.8) is 0 Å². The fourth-order valence-corrected chi connectivity index (χ4v) is 2.54. The zero-order chi connectivity index (χ0) is 13.0. The van der Waals surface area contributed by atoms with E-state index in [1.807, 2.05) is 18.2 Å². The van der Waals surface area contributed by atoms with E-state index in [0.29, 0.717) is 16.6 Å². The number of aromatic nitrogens is 2. The van der Waals surface area contributed by atoms with Crippen molar-refractivity contribution >= 4 is 17.4 Å². The summed E-state index contributed by atoms with van der Waals surface area (Å²) < 4.78 is 1.53. The highest BCUT2D eigenvalue weighted by Crippen LogP contribution is 2.18. The molecule has 0 aliphatic rings. The van der Waals surface area contributed by atoms with Crippen molar-refractivity contribution in [3.8, 4) is 0 Å². The van der Waals surface area contributed by atoms with Crippen LogP contribution in [-0.2, 0) is 5.75 Å². The maximum atomic E-state index is 11.8. The molecule has 2 aromatic rings. The molecule has 0 radical (unpaired) electrons. The van der Waals surface area contributed by atoms with Crippen molar-refractivity contribution in [2.24, 2.45) is 0 Å². The number of rotatable bonds is 5. The third-order valence-electron chi connectivity index (χ3n) is 2.68. The first-order chi connectivity index (χ1) is 8.70. The summed E-state index contributed by atoms with van der Waals surface area (Å²) in [6.45, 7) is 2.26. The SMILES string of the molecule is CC(CCO)SCc1cc(=O)n2ccccc2n1. The lowest BCUT2D eigenvalue weighted by atomic mass is 10.3. The number of nitrogens with zero attached hydrogens (tertiary/aromatic N) is 2. The maximum Gasteiger partial charge on any atom is 0.258 e. The van der Waals surface area contributed by atoms with Crippen LogP contribution in [0.5, 0.6) is 0 Å². The van der Waals surface area contributed by atoms with Gasteiger partial charge in [0.05, 0.1) is 5.69 Å². The fraction of sp³-hybridized carbons (Fsp3) is 0.385. The van der Waals surface area contributed by atoms with E-state index >= 15 is 0 Å². The summed E-state index contributed by atoms with van der Waals surface area (Å²) in [6.07, 6.45) is 2.48. The van der Waals surface area contributed by atoms with Gasteiger partial charge in [0.2, 0.25) is 0 Å². The third-order valence-corrected chi connectivity index (χ3v) is 3.94.